The van der Waals surface area contributed by atoms with E-state index in [4.69, 9.17) is 4.74 Å². The number of hydrogen-bond donors (Lipinski definition) is 0. The van der Waals surface area contributed by atoms with Gasteiger partial charge in [-0.15, -0.1) is 11.3 Å². The van der Waals surface area contributed by atoms with E-state index in [1.807, 2.05) is 18.6 Å². The normalized spacial score (nSPS) is 10.4. The van der Waals surface area contributed by atoms with Crippen LogP contribution in [0.25, 0.3) is 0 Å². The standard InChI is InChI=1S/C11H12N2O2S/c1-13-6-8(5-12-13)3-10(14)11-4-9(15-2)7-16-11/h4-7H,3H2,1-2H3. The van der Waals surface area contributed by atoms with Gasteiger partial charge in [0, 0.05) is 31.1 Å². The number of carbonyl (C=O) groups is 1. The predicted molar refractivity (Wildman–Crippen MR) is 62.1 cm³/mol. The Labute approximate surface area is 97.5 Å². The minimum atomic E-state index is 0.0984. The van der Waals surface area contributed by atoms with Crippen molar-refractivity contribution in [2.24, 2.45) is 7.05 Å². The SMILES string of the molecule is COc1csc(C(=O)Cc2cnn(C)c2)c1. The summed E-state index contributed by atoms with van der Waals surface area (Å²) in [7, 11) is 3.43. The van der Waals surface area contributed by atoms with Crippen LogP contribution in [0.2, 0.25) is 0 Å². The van der Waals surface area contributed by atoms with Crippen molar-refractivity contribution >= 4 is 17.1 Å². The van der Waals surface area contributed by atoms with Crippen molar-refractivity contribution < 1.29 is 9.53 Å². The Morgan fingerprint density at radius 3 is 3.00 bits per heavy atom. The first-order valence-corrected chi connectivity index (χ1v) is 5.70. The Balaban J connectivity index is 2.08. The summed E-state index contributed by atoms with van der Waals surface area (Å²) in [5.74, 6) is 0.834. The zero-order valence-electron chi connectivity index (χ0n) is 9.14. The third-order valence-corrected chi connectivity index (χ3v) is 3.16. The maximum Gasteiger partial charge on any atom is 0.177 e. The second-order valence-corrected chi connectivity index (χ2v) is 4.38. The summed E-state index contributed by atoms with van der Waals surface area (Å²) in [5, 5.41) is 5.86. The lowest BCUT2D eigenvalue weighted by atomic mass is 10.1. The second-order valence-electron chi connectivity index (χ2n) is 3.47. The molecule has 0 aromatic carbocycles. The van der Waals surface area contributed by atoms with E-state index in [-0.39, 0.29) is 5.78 Å². The van der Waals surface area contributed by atoms with Crippen molar-refractivity contribution in [3.05, 3.63) is 34.3 Å². The number of ketones is 1. The molecule has 2 aromatic rings. The van der Waals surface area contributed by atoms with Crippen LogP contribution in [0.4, 0.5) is 0 Å². The number of carbonyl (C=O) groups excluding carboxylic acids is 1. The van der Waals surface area contributed by atoms with Gasteiger partial charge in [-0.2, -0.15) is 5.10 Å². The number of ether oxygens (including phenoxy) is 1. The molecule has 0 N–H and O–H groups in total. The molecule has 0 amide bonds. The Bertz CT molecular complexity index is 502. The molecule has 0 atom stereocenters. The zero-order chi connectivity index (χ0) is 11.5. The van der Waals surface area contributed by atoms with Crippen molar-refractivity contribution in [2.45, 2.75) is 6.42 Å². The Morgan fingerprint density at radius 2 is 2.44 bits per heavy atom. The summed E-state index contributed by atoms with van der Waals surface area (Å²) in [6, 6.07) is 1.77. The molecule has 0 radical (unpaired) electrons. The Kier molecular flexibility index (Phi) is 3.05. The van der Waals surface area contributed by atoms with Crippen LogP contribution in [-0.2, 0) is 13.5 Å². The number of Topliss-reactive ketones (excluding diaryl/α,β-unsaturated/α-hetero) is 1. The molecule has 2 rings (SSSR count). The van der Waals surface area contributed by atoms with Crippen LogP contribution in [0.5, 0.6) is 5.75 Å². The number of thiophene rings is 1. The highest BCUT2D eigenvalue weighted by Gasteiger charge is 2.11. The van der Waals surface area contributed by atoms with E-state index in [2.05, 4.69) is 5.10 Å². The smallest absolute Gasteiger partial charge is 0.177 e. The van der Waals surface area contributed by atoms with Crippen molar-refractivity contribution in [2.75, 3.05) is 7.11 Å². The quantitative estimate of drug-likeness (QED) is 0.762. The highest BCUT2D eigenvalue weighted by atomic mass is 32.1. The fourth-order valence-electron chi connectivity index (χ4n) is 1.41. The Hall–Kier alpha value is -1.62. The first kappa shape index (κ1) is 10.9. The van der Waals surface area contributed by atoms with Gasteiger partial charge in [0.1, 0.15) is 5.75 Å². The lowest BCUT2D eigenvalue weighted by Crippen LogP contribution is -2.00. The van der Waals surface area contributed by atoms with Gasteiger partial charge in [-0.25, -0.2) is 0 Å². The van der Waals surface area contributed by atoms with Gasteiger partial charge >= 0.3 is 0 Å². The van der Waals surface area contributed by atoms with Crippen LogP contribution in [0.1, 0.15) is 15.2 Å². The molecule has 0 aliphatic carbocycles. The molecule has 84 valence electrons. The average Bonchev–Trinajstić information content (AvgIpc) is 2.87. The highest BCUT2D eigenvalue weighted by molar-refractivity contribution is 7.12. The molecule has 5 heteroatoms. The lowest BCUT2D eigenvalue weighted by molar-refractivity contribution is 0.0996. The van der Waals surface area contributed by atoms with E-state index >= 15 is 0 Å². The molecule has 2 heterocycles. The fourth-order valence-corrected chi connectivity index (χ4v) is 2.20. The van der Waals surface area contributed by atoms with E-state index < -0.39 is 0 Å². The van der Waals surface area contributed by atoms with E-state index in [0.29, 0.717) is 6.42 Å². The first-order chi connectivity index (χ1) is 7.69. The monoisotopic (exact) mass is 236 g/mol. The third kappa shape index (κ3) is 2.30. The summed E-state index contributed by atoms with van der Waals surface area (Å²) in [5.41, 5.74) is 0.930. The van der Waals surface area contributed by atoms with E-state index in [1.54, 1.807) is 24.1 Å². The molecular formula is C11H12N2O2S. The lowest BCUT2D eigenvalue weighted by Gasteiger charge is -1.94. The van der Waals surface area contributed by atoms with Crippen molar-refractivity contribution in [3.63, 3.8) is 0 Å². The topological polar surface area (TPSA) is 44.1 Å². The summed E-state index contributed by atoms with van der Waals surface area (Å²) >= 11 is 1.41. The van der Waals surface area contributed by atoms with Gasteiger partial charge in [0.15, 0.2) is 5.78 Å². The maximum atomic E-state index is 11.9. The largest absolute Gasteiger partial charge is 0.496 e. The van der Waals surface area contributed by atoms with Gasteiger partial charge in [-0.3, -0.25) is 9.48 Å². The van der Waals surface area contributed by atoms with Gasteiger partial charge < -0.3 is 4.74 Å². The van der Waals surface area contributed by atoms with Gasteiger partial charge in [0.25, 0.3) is 0 Å². The maximum absolute atomic E-state index is 11.9. The molecule has 0 aliphatic rings. The summed E-state index contributed by atoms with van der Waals surface area (Å²) in [6.45, 7) is 0. The molecule has 0 saturated carbocycles. The van der Waals surface area contributed by atoms with Crippen LogP contribution in [0.15, 0.2) is 23.8 Å². The van der Waals surface area contributed by atoms with E-state index in [9.17, 15) is 4.79 Å². The average molecular weight is 236 g/mol. The first-order valence-electron chi connectivity index (χ1n) is 4.82. The van der Waals surface area contributed by atoms with Gasteiger partial charge in [0.2, 0.25) is 0 Å². The van der Waals surface area contributed by atoms with Crippen molar-refractivity contribution in [1.29, 1.82) is 0 Å². The van der Waals surface area contributed by atoms with Crippen molar-refractivity contribution in [3.8, 4) is 5.75 Å². The second kappa shape index (κ2) is 4.49. The minimum absolute atomic E-state index is 0.0984. The highest BCUT2D eigenvalue weighted by Crippen LogP contribution is 2.22. The van der Waals surface area contributed by atoms with Crippen LogP contribution in [0.3, 0.4) is 0 Å². The minimum Gasteiger partial charge on any atom is -0.496 e. The number of aryl methyl sites for hydroxylation is 1. The van der Waals surface area contributed by atoms with Gasteiger partial charge in [-0.1, -0.05) is 0 Å². The number of nitrogens with zero attached hydrogens (tertiary/aromatic N) is 2. The number of aromatic nitrogens is 2. The van der Waals surface area contributed by atoms with Crippen LogP contribution in [-0.4, -0.2) is 22.7 Å². The van der Waals surface area contributed by atoms with Crippen LogP contribution in [0, 0.1) is 0 Å². The van der Waals surface area contributed by atoms with E-state index in [1.165, 1.54) is 11.3 Å². The Morgan fingerprint density at radius 1 is 1.62 bits per heavy atom. The molecule has 0 saturated heterocycles. The van der Waals surface area contributed by atoms with Gasteiger partial charge in [-0.05, 0) is 5.56 Å². The number of methoxy groups -OCH3 is 1. The molecule has 0 fully saturated rings. The molecule has 0 bridgehead atoms. The molecule has 0 unspecified atom stereocenters. The predicted octanol–water partition coefficient (Wildman–Crippen LogP) is 1.92. The summed E-state index contributed by atoms with van der Waals surface area (Å²) in [4.78, 5) is 12.6. The molecule has 2 aromatic heterocycles. The third-order valence-electron chi connectivity index (χ3n) is 2.21. The number of rotatable bonds is 4. The summed E-state index contributed by atoms with van der Waals surface area (Å²) < 4.78 is 6.73. The van der Waals surface area contributed by atoms with Crippen LogP contribution < -0.4 is 4.74 Å². The molecule has 16 heavy (non-hydrogen) atoms. The molecule has 0 spiro atoms. The molecular weight excluding hydrogens is 224 g/mol. The molecule has 4 nitrogen and oxygen atoms in total. The van der Waals surface area contributed by atoms with Crippen LogP contribution >= 0.6 is 11.3 Å². The fraction of sp³-hybridized carbons (Fsp3) is 0.273. The zero-order valence-corrected chi connectivity index (χ0v) is 9.95. The molecule has 0 aliphatic heterocycles. The van der Waals surface area contributed by atoms with Gasteiger partial charge in [0.05, 0.1) is 18.2 Å². The number of hydrogen-bond acceptors (Lipinski definition) is 4. The van der Waals surface area contributed by atoms with E-state index in [0.717, 1.165) is 16.2 Å². The summed E-state index contributed by atoms with van der Waals surface area (Å²) in [6.07, 6.45) is 3.95. The van der Waals surface area contributed by atoms with Crippen molar-refractivity contribution in [1.82, 2.24) is 9.78 Å².